The van der Waals surface area contributed by atoms with Crippen LogP contribution in [0.1, 0.15) is 39.7 Å². The van der Waals surface area contributed by atoms with Crippen molar-refractivity contribution in [3.63, 3.8) is 0 Å². The number of para-hydroxylation sites is 1. The van der Waals surface area contributed by atoms with Crippen LogP contribution in [0.3, 0.4) is 0 Å². The standard InChI is InChI=1S/C26H25FN2O3S/c27-21-8-4-5-9-23(21)32-17-22-20-13-15-33-24(20)12-14-28(22)25(30)16-29(19-10-11-19)26(31)18-6-2-1-3-7-18/h1-9,13,15,19,22H,10-12,14,16-17H2/t22-/m1/s1. The number of fused-ring (bicyclic) bond motifs is 1. The van der Waals surface area contributed by atoms with Gasteiger partial charge in [0.15, 0.2) is 11.6 Å². The van der Waals surface area contributed by atoms with Crippen molar-refractivity contribution >= 4 is 23.2 Å². The molecule has 0 spiro atoms. The first-order valence-electron chi connectivity index (χ1n) is 11.2. The van der Waals surface area contributed by atoms with Crippen LogP contribution in [0.25, 0.3) is 0 Å². The number of hydrogen-bond donors (Lipinski definition) is 0. The molecule has 0 unspecified atom stereocenters. The first kappa shape index (κ1) is 21.6. The van der Waals surface area contributed by atoms with E-state index in [1.165, 1.54) is 10.9 Å². The molecular weight excluding hydrogens is 439 g/mol. The van der Waals surface area contributed by atoms with Gasteiger partial charge in [-0.1, -0.05) is 30.3 Å². The van der Waals surface area contributed by atoms with E-state index in [1.807, 2.05) is 29.6 Å². The molecule has 33 heavy (non-hydrogen) atoms. The Bertz CT molecular complexity index is 1150. The fraction of sp³-hybridized carbons (Fsp3) is 0.308. The second kappa shape index (κ2) is 9.35. The lowest BCUT2D eigenvalue weighted by Crippen LogP contribution is -2.48. The molecule has 2 aliphatic rings. The Morgan fingerprint density at radius 3 is 2.58 bits per heavy atom. The van der Waals surface area contributed by atoms with E-state index in [4.69, 9.17) is 4.74 Å². The first-order chi connectivity index (χ1) is 16.1. The van der Waals surface area contributed by atoms with Gasteiger partial charge in [0.25, 0.3) is 5.91 Å². The van der Waals surface area contributed by atoms with Gasteiger partial charge in [0.2, 0.25) is 5.91 Å². The fourth-order valence-electron chi connectivity index (χ4n) is 4.34. The van der Waals surface area contributed by atoms with Gasteiger partial charge in [0.05, 0.1) is 6.04 Å². The molecule has 2 amide bonds. The summed E-state index contributed by atoms with van der Waals surface area (Å²) in [5.74, 6) is -0.472. The minimum Gasteiger partial charge on any atom is -0.488 e. The highest BCUT2D eigenvalue weighted by Gasteiger charge is 2.38. The molecule has 1 aliphatic heterocycles. The zero-order chi connectivity index (χ0) is 22.8. The number of thiophene rings is 1. The highest BCUT2D eigenvalue weighted by molar-refractivity contribution is 7.10. The van der Waals surface area contributed by atoms with Crippen LogP contribution < -0.4 is 4.74 Å². The highest BCUT2D eigenvalue weighted by atomic mass is 32.1. The Kier molecular flexibility index (Phi) is 6.13. The molecule has 5 nitrogen and oxygen atoms in total. The van der Waals surface area contributed by atoms with Crippen molar-refractivity contribution in [3.8, 4) is 5.75 Å². The van der Waals surface area contributed by atoms with Crippen molar-refractivity contribution in [1.82, 2.24) is 9.80 Å². The third-order valence-electron chi connectivity index (χ3n) is 6.22. The predicted molar refractivity (Wildman–Crippen MR) is 125 cm³/mol. The Morgan fingerprint density at radius 1 is 1.06 bits per heavy atom. The number of rotatable bonds is 7. The van der Waals surface area contributed by atoms with Gasteiger partial charge >= 0.3 is 0 Å². The topological polar surface area (TPSA) is 49.9 Å². The van der Waals surface area contributed by atoms with Crippen LogP contribution in [0, 0.1) is 5.82 Å². The molecule has 0 bridgehead atoms. The minimum atomic E-state index is -0.426. The van der Waals surface area contributed by atoms with E-state index in [-0.39, 0.29) is 42.8 Å². The van der Waals surface area contributed by atoms with Gasteiger partial charge in [0, 0.05) is 23.0 Å². The number of amides is 2. The van der Waals surface area contributed by atoms with Gasteiger partial charge in [-0.15, -0.1) is 11.3 Å². The van der Waals surface area contributed by atoms with E-state index in [9.17, 15) is 14.0 Å². The second-order valence-electron chi connectivity index (χ2n) is 8.42. The van der Waals surface area contributed by atoms with Crippen molar-refractivity contribution in [2.24, 2.45) is 0 Å². The van der Waals surface area contributed by atoms with Gasteiger partial charge in [-0.25, -0.2) is 4.39 Å². The van der Waals surface area contributed by atoms with Crippen LogP contribution in [0.5, 0.6) is 5.75 Å². The number of carbonyl (C=O) groups excluding carboxylic acids is 2. The van der Waals surface area contributed by atoms with Crippen LogP contribution in [0.15, 0.2) is 66.0 Å². The maximum absolute atomic E-state index is 14.1. The summed E-state index contributed by atoms with van der Waals surface area (Å²) in [7, 11) is 0. The molecule has 0 saturated heterocycles. The third kappa shape index (κ3) is 4.64. The lowest BCUT2D eigenvalue weighted by Gasteiger charge is -2.37. The number of carbonyl (C=O) groups is 2. The number of hydrogen-bond acceptors (Lipinski definition) is 4. The number of benzene rings is 2. The molecule has 5 rings (SSSR count). The van der Waals surface area contributed by atoms with Crippen molar-refractivity contribution in [2.45, 2.75) is 31.3 Å². The average molecular weight is 465 g/mol. The van der Waals surface area contributed by atoms with E-state index in [1.54, 1.807) is 51.5 Å². The smallest absolute Gasteiger partial charge is 0.254 e. The Balaban J connectivity index is 1.35. The van der Waals surface area contributed by atoms with Crippen LogP contribution in [0.4, 0.5) is 4.39 Å². The van der Waals surface area contributed by atoms with E-state index in [0.717, 1.165) is 24.8 Å². The fourth-order valence-corrected chi connectivity index (χ4v) is 5.27. The lowest BCUT2D eigenvalue weighted by atomic mass is 10.0. The van der Waals surface area contributed by atoms with Crippen molar-refractivity contribution < 1.29 is 18.7 Å². The summed E-state index contributed by atoms with van der Waals surface area (Å²) >= 11 is 1.67. The summed E-state index contributed by atoms with van der Waals surface area (Å²) in [4.78, 5) is 31.3. The molecule has 1 atom stereocenters. The quantitative estimate of drug-likeness (QED) is 0.510. The minimum absolute atomic E-state index is 0.0358. The van der Waals surface area contributed by atoms with Gasteiger partial charge in [-0.3, -0.25) is 9.59 Å². The molecule has 1 fully saturated rings. The summed E-state index contributed by atoms with van der Waals surface area (Å²) in [6.07, 6.45) is 2.60. The summed E-state index contributed by atoms with van der Waals surface area (Å²) in [5, 5.41) is 2.02. The average Bonchev–Trinajstić information content (AvgIpc) is 3.57. The zero-order valence-electron chi connectivity index (χ0n) is 18.2. The molecule has 7 heteroatoms. The molecule has 2 heterocycles. The van der Waals surface area contributed by atoms with Crippen molar-refractivity contribution in [3.05, 3.63) is 87.9 Å². The van der Waals surface area contributed by atoms with Crippen molar-refractivity contribution in [1.29, 1.82) is 0 Å². The Hall–Kier alpha value is -3.19. The maximum atomic E-state index is 14.1. The van der Waals surface area contributed by atoms with E-state index < -0.39 is 5.82 Å². The van der Waals surface area contributed by atoms with Gasteiger partial charge in [-0.05, 0) is 60.5 Å². The second-order valence-corrected chi connectivity index (χ2v) is 9.42. The summed E-state index contributed by atoms with van der Waals surface area (Å²) in [5.41, 5.74) is 1.64. The largest absolute Gasteiger partial charge is 0.488 e. The van der Waals surface area contributed by atoms with E-state index in [0.29, 0.717) is 12.1 Å². The van der Waals surface area contributed by atoms with Crippen LogP contribution >= 0.6 is 11.3 Å². The molecule has 1 aromatic heterocycles. The van der Waals surface area contributed by atoms with Crippen LogP contribution in [-0.2, 0) is 11.2 Å². The van der Waals surface area contributed by atoms with Gasteiger partial charge < -0.3 is 14.5 Å². The number of halogens is 1. The molecular formula is C26H25FN2O3S. The van der Waals surface area contributed by atoms with Crippen LogP contribution in [-0.4, -0.2) is 47.4 Å². The van der Waals surface area contributed by atoms with Gasteiger partial charge in [-0.2, -0.15) is 0 Å². The third-order valence-corrected chi connectivity index (χ3v) is 7.22. The van der Waals surface area contributed by atoms with E-state index >= 15 is 0 Å². The molecule has 2 aromatic carbocycles. The number of nitrogens with zero attached hydrogens (tertiary/aromatic N) is 2. The normalized spacial score (nSPS) is 17.4. The molecule has 3 aromatic rings. The highest BCUT2D eigenvalue weighted by Crippen LogP contribution is 2.35. The first-order valence-corrected chi connectivity index (χ1v) is 12.1. The molecule has 170 valence electrons. The molecule has 1 saturated carbocycles. The Labute approximate surface area is 196 Å². The SMILES string of the molecule is O=C(c1ccccc1)N(CC(=O)N1CCc2sccc2[C@H]1COc1ccccc1F)C1CC1. The van der Waals surface area contributed by atoms with Crippen LogP contribution in [0.2, 0.25) is 0 Å². The van der Waals surface area contributed by atoms with E-state index in [2.05, 4.69) is 0 Å². The monoisotopic (exact) mass is 464 g/mol. The Morgan fingerprint density at radius 2 is 1.82 bits per heavy atom. The number of ether oxygens (including phenoxy) is 1. The molecule has 0 radical (unpaired) electrons. The lowest BCUT2D eigenvalue weighted by molar-refractivity contribution is -0.135. The molecule has 1 aliphatic carbocycles. The summed E-state index contributed by atoms with van der Waals surface area (Å²) in [6.45, 7) is 0.746. The zero-order valence-corrected chi connectivity index (χ0v) is 19.0. The van der Waals surface area contributed by atoms with Crippen molar-refractivity contribution in [2.75, 3.05) is 19.7 Å². The predicted octanol–water partition coefficient (Wildman–Crippen LogP) is 4.70. The van der Waals surface area contributed by atoms with Gasteiger partial charge in [0.1, 0.15) is 13.2 Å². The summed E-state index contributed by atoms with van der Waals surface area (Å²) in [6, 6.07) is 17.2. The summed E-state index contributed by atoms with van der Waals surface area (Å²) < 4.78 is 19.9. The maximum Gasteiger partial charge on any atom is 0.254 e. The molecule has 0 N–H and O–H groups in total.